The Bertz CT molecular complexity index is 661. The van der Waals surface area contributed by atoms with E-state index in [1.807, 2.05) is 45.0 Å². The van der Waals surface area contributed by atoms with E-state index in [9.17, 15) is 14.3 Å². The Hall–Kier alpha value is -1.71. The Morgan fingerprint density at radius 3 is 2.48 bits per heavy atom. The molecule has 2 rings (SSSR count). The van der Waals surface area contributed by atoms with E-state index in [0.29, 0.717) is 6.61 Å². The zero-order valence-electron chi connectivity index (χ0n) is 13.9. The van der Waals surface area contributed by atoms with Crippen molar-refractivity contribution in [3.05, 3.63) is 35.4 Å². The van der Waals surface area contributed by atoms with Crippen molar-refractivity contribution in [3.63, 3.8) is 0 Å². The van der Waals surface area contributed by atoms with Crippen LogP contribution in [0, 0.1) is 11.3 Å². The smallest absolute Gasteiger partial charge is 0.307 e. The van der Waals surface area contributed by atoms with Gasteiger partial charge in [0.25, 0.3) is 0 Å². The predicted octanol–water partition coefficient (Wildman–Crippen LogP) is 3.02. The summed E-state index contributed by atoms with van der Waals surface area (Å²) in [6, 6.07) is 8.69. The van der Waals surface area contributed by atoms with Crippen LogP contribution in [-0.2, 0) is 20.5 Å². The zero-order chi connectivity index (χ0) is 17.2. The minimum atomic E-state index is -1.42. The molecule has 1 aromatic rings. The summed E-state index contributed by atoms with van der Waals surface area (Å²) in [6.45, 7) is 7.65. The number of hydrogen-bond donors (Lipinski definition) is 0. The summed E-state index contributed by atoms with van der Waals surface area (Å²) in [5.74, 6) is -0.346. The van der Waals surface area contributed by atoms with Crippen LogP contribution in [0.2, 0.25) is 0 Å². The first-order valence-electron chi connectivity index (χ1n) is 7.65. The molecule has 23 heavy (non-hydrogen) atoms. The summed E-state index contributed by atoms with van der Waals surface area (Å²) >= 11 is 0. The summed E-state index contributed by atoms with van der Waals surface area (Å²) in [7, 11) is -1.42. The molecule has 3 atom stereocenters. The Balaban J connectivity index is 2.46. The van der Waals surface area contributed by atoms with Gasteiger partial charge in [0, 0.05) is 0 Å². The minimum absolute atomic E-state index is 0.0881. The number of benzene rings is 1. The lowest BCUT2D eigenvalue weighted by molar-refractivity contribution is -0.144. The number of carbonyl (C=O) groups is 1. The summed E-state index contributed by atoms with van der Waals surface area (Å²) in [4.78, 5) is 12.0. The summed E-state index contributed by atoms with van der Waals surface area (Å²) in [5.41, 5.74) is 1.70. The van der Waals surface area contributed by atoms with Gasteiger partial charge in [-0.2, -0.15) is 9.57 Å². The summed E-state index contributed by atoms with van der Waals surface area (Å²) < 4.78 is 19.2. The third kappa shape index (κ3) is 3.46. The van der Waals surface area contributed by atoms with Gasteiger partial charge in [0.15, 0.2) is 0 Å². The van der Waals surface area contributed by atoms with E-state index in [1.54, 1.807) is 11.2 Å². The van der Waals surface area contributed by atoms with Crippen molar-refractivity contribution >= 4 is 17.0 Å². The largest absolute Gasteiger partial charge is 0.466 e. The fourth-order valence-corrected chi connectivity index (χ4v) is 4.15. The van der Waals surface area contributed by atoms with Gasteiger partial charge in [-0.1, -0.05) is 24.3 Å². The number of nitrogens with zero attached hydrogens (tertiary/aromatic N) is 2. The van der Waals surface area contributed by atoms with Gasteiger partial charge in [-0.15, -0.1) is 0 Å². The van der Waals surface area contributed by atoms with Crippen LogP contribution in [0.5, 0.6) is 0 Å². The highest BCUT2D eigenvalue weighted by molar-refractivity contribution is 7.84. The summed E-state index contributed by atoms with van der Waals surface area (Å²) in [6.07, 6.45) is 0.0881. The molecule has 124 valence electrons. The zero-order valence-corrected chi connectivity index (χ0v) is 14.7. The molecule has 0 N–H and O–H groups in total. The fourth-order valence-electron chi connectivity index (χ4n) is 2.75. The lowest BCUT2D eigenvalue weighted by Crippen LogP contribution is -2.39. The van der Waals surface area contributed by atoms with E-state index in [0.717, 1.165) is 11.1 Å². The number of ether oxygens (including phenoxy) is 1. The highest BCUT2D eigenvalue weighted by Crippen LogP contribution is 2.46. The average molecular weight is 334 g/mol. The number of carbonyl (C=O) groups excluding carboxylic acids is 1. The van der Waals surface area contributed by atoms with Gasteiger partial charge >= 0.3 is 5.97 Å². The SMILES string of the molecule is CCOC(=O)C[C@@H]1c2ccccc2[C@H](C#N)N1S(=O)C(C)(C)C. The van der Waals surface area contributed by atoms with Crippen LogP contribution in [0.1, 0.15) is 57.3 Å². The molecular formula is C17H22N2O3S. The van der Waals surface area contributed by atoms with E-state index in [1.165, 1.54) is 0 Å². The first-order chi connectivity index (χ1) is 10.8. The molecule has 0 saturated carbocycles. The van der Waals surface area contributed by atoms with Crippen LogP contribution in [0.25, 0.3) is 0 Å². The number of nitriles is 1. The molecule has 0 spiro atoms. The lowest BCUT2D eigenvalue weighted by atomic mass is 10.0. The Morgan fingerprint density at radius 2 is 1.96 bits per heavy atom. The first-order valence-corrected chi connectivity index (χ1v) is 8.76. The van der Waals surface area contributed by atoms with Crippen LogP contribution >= 0.6 is 0 Å². The van der Waals surface area contributed by atoms with E-state index in [2.05, 4.69) is 6.07 Å². The van der Waals surface area contributed by atoms with Gasteiger partial charge in [-0.3, -0.25) is 4.79 Å². The van der Waals surface area contributed by atoms with Crippen LogP contribution in [0.3, 0.4) is 0 Å². The van der Waals surface area contributed by atoms with Crippen molar-refractivity contribution in [2.45, 2.75) is 50.9 Å². The molecule has 1 aromatic carbocycles. The van der Waals surface area contributed by atoms with E-state index in [-0.39, 0.29) is 12.4 Å². The highest BCUT2D eigenvalue weighted by Gasteiger charge is 2.45. The Labute approximate surface area is 139 Å². The number of hydrogen-bond acceptors (Lipinski definition) is 4. The maximum absolute atomic E-state index is 13.0. The third-order valence-corrected chi connectivity index (χ3v) is 5.61. The number of rotatable bonds is 4. The topological polar surface area (TPSA) is 70.4 Å². The molecule has 0 radical (unpaired) electrons. The van der Waals surface area contributed by atoms with E-state index in [4.69, 9.17) is 4.74 Å². The third-order valence-electron chi connectivity index (χ3n) is 3.71. The standard InChI is InChI=1S/C17H22N2O3S/c1-5-22-16(20)10-14-12-8-6-7-9-13(12)15(11-18)19(14)23(21)17(2,3)4/h6-9,14-15H,5,10H2,1-4H3/t14-,15+,23?/m1/s1. The van der Waals surface area contributed by atoms with Crippen molar-refractivity contribution in [1.29, 1.82) is 5.26 Å². The predicted molar refractivity (Wildman–Crippen MR) is 88.5 cm³/mol. The van der Waals surface area contributed by atoms with Gasteiger partial charge in [0.1, 0.15) is 17.0 Å². The maximum atomic E-state index is 13.0. The molecular weight excluding hydrogens is 312 g/mol. The molecule has 1 unspecified atom stereocenters. The maximum Gasteiger partial charge on any atom is 0.307 e. The van der Waals surface area contributed by atoms with Gasteiger partial charge in [-0.25, -0.2) is 4.21 Å². The quantitative estimate of drug-likeness (QED) is 0.794. The minimum Gasteiger partial charge on any atom is -0.466 e. The van der Waals surface area contributed by atoms with Crippen LogP contribution in [-0.4, -0.2) is 25.8 Å². The van der Waals surface area contributed by atoms with Crippen LogP contribution in [0.4, 0.5) is 0 Å². The second-order valence-corrected chi connectivity index (χ2v) is 8.55. The van der Waals surface area contributed by atoms with Gasteiger partial charge < -0.3 is 4.74 Å². The van der Waals surface area contributed by atoms with Crippen LogP contribution in [0.15, 0.2) is 24.3 Å². The molecule has 0 bridgehead atoms. The van der Waals surface area contributed by atoms with E-state index < -0.39 is 27.8 Å². The van der Waals surface area contributed by atoms with Crippen molar-refractivity contribution < 1.29 is 13.7 Å². The van der Waals surface area contributed by atoms with Gasteiger partial charge in [0.2, 0.25) is 0 Å². The molecule has 0 saturated heterocycles. The fraction of sp³-hybridized carbons (Fsp3) is 0.529. The van der Waals surface area contributed by atoms with Gasteiger partial charge in [0.05, 0.1) is 29.9 Å². The molecule has 0 amide bonds. The molecule has 6 heteroatoms. The summed E-state index contributed by atoms with van der Waals surface area (Å²) in [5, 5.41) is 9.61. The molecule has 1 aliphatic heterocycles. The molecule has 0 fully saturated rings. The van der Waals surface area contributed by atoms with Crippen molar-refractivity contribution in [2.24, 2.45) is 0 Å². The average Bonchev–Trinajstić information content (AvgIpc) is 2.79. The molecule has 1 aliphatic rings. The molecule has 5 nitrogen and oxygen atoms in total. The van der Waals surface area contributed by atoms with Crippen LogP contribution < -0.4 is 0 Å². The highest BCUT2D eigenvalue weighted by atomic mass is 32.2. The van der Waals surface area contributed by atoms with Gasteiger partial charge in [-0.05, 0) is 38.8 Å². The Morgan fingerprint density at radius 1 is 1.35 bits per heavy atom. The molecule has 0 aromatic heterocycles. The van der Waals surface area contributed by atoms with Crippen molar-refractivity contribution in [3.8, 4) is 6.07 Å². The lowest BCUT2D eigenvalue weighted by Gasteiger charge is -2.31. The molecule has 0 aliphatic carbocycles. The molecule has 1 heterocycles. The number of fused-ring (bicyclic) bond motifs is 1. The first kappa shape index (κ1) is 17.6. The second-order valence-electron chi connectivity index (χ2n) is 6.41. The normalized spacial score (nSPS) is 22.2. The number of esters is 1. The second kappa shape index (κ2) is 6.81. The van der Waals surface area contributed by atoms with E-state index >= 15 is 0 Å². The van der Waals surface area contributed by atoms with Crippen molar-refractivity contribution in [2.75, 3.05) is 6.61 Å². The Kier molecular flexibility index (Phi) is 5.23. The van der Waals surface area contributed by atoms with Crippen molar-refractivity contribution in [1.82, 2.24) is 4.31 Å². The monoisotopic (exact) mass is 334 g/mol.